The molecule has 8 heteroatoms. The van der Waals surface area contributed by atoms with Crippen LogP contribution in [0.15, 0.2) is 65.6 Å². The largest absolute Gasteiger partial charge is 0.507 e. The molecule has 1 aliphatic rings. The fourth-order valence-electron chi connectivity index (χ4n) is 4.21. The zero-order valence-electron chi connectivity index (χ0n) is 20.5. The van der Waals surface area contributed by atoms with E-state index in [4.69, 9.17) is 9.47 Å². The van der Waals surface area contributed by atoms with E-state index in [9.17, 15) is 19.5 Å². The molecule has 4 rings (SSSR count). The number of methoxy groups -OCH3 is 1. The van der Waals surface area contributed by atoms with Crippen LogP contribution >= 0.6 is 11.3 Å². The summed E-state index contributed by atoms with van der Waals surface area (Å²) in [5.41, 5.74) is 2.41. The van der Waals surface area contributed by atoms with Crippen molar-refractivity contribution in [2.45, 2.75) is 39.3 Å². The van der Waals surface area contributed by atoms with Gasteiger partial charge < -0.3 is 14.6 Å². The van der Waals surface area contributed by atoms with Crippen molar-refractivity contribution < 1.29 is 29.0 Å². The van der Waals surface area contributed by atoms with Crippen molar-refractivity contribution in [2.75, 3.05) is 12.0 Å². The first kappa shape index (κ1) is 25.2. The SMILES string of the molecule is COc1ccc(C)cc1/C(O)=C1/C(=O)C(=O)N(c2ccc(CC(=O)OC(C)C)cc2)C1c1cccs1. The van der Waals surface area contributed by atoms with Crippen LogP contribution in [0.25, 0.3) is 5.76 Å². The van der Waals surface area contributed by atoms with E-state index in [-0.39, 0.29) is 29.8 Å². The van der Waals surface area contributed by atoms with Crippen LogP contribution in [-0.4, -0.2) is 36.0 Å². The number of thiophene rings is 1. The highest BCUT2D eigenvalue weighted by molar-refractivity contribution is 7.10. The number of nitrogens with zero attached hydrogens (tertiary/aromatic N) is 1. The van der Waals surface area contributed by atoms with Crippen LogP contribution in [0, 0.1) is 6.92 Å². The number of Topliss-reactive ketones (excluding diaryl/α,β-unsaturated/α-hetero) is 1. The number of carbonyl (C=O) groups excluding carboxylic acids is 3. The van der Waals surface area contributed by atoms with Gasteiger partial charge in [-0.15, -0.1) is 11.3 Å². The smallest absolute Gasteiger partial charge is 0.310 e. The predicted molar refractivity (Wildman–Crippen MR) is 138 cm³/mol. The molecule has 7 nitrogen and oxygen atoms in total. The predicted octanol–water partition coefficient (Wildman–Crippen LogP) is 5.19. The van der Waals surface area contributed by atoms with Crippen molar-refractivity contribution in [2.24, 2.45) is 0 Å². The third-order valence-corrected chi connectivity index (χ3v) is 6.72. The molecule has 1 unspecified atom stereocenters. The molecule has 0 aliphatic carbocycles. The van der Waals surface area contributed by atoms with Crippen LogP contribution in [0.4, 0.5) is 5.69 Å². The van der Waals surface area contributed by atoms with Crippen molar-refractivity contribution in [3.63, 3.8) is 0 Å². The van der Waals surface area contributed by atoms with Gasteiger partial charge in [-0.1, -0.05) is 29.8 Å². The molecule has 1 saturated heterocycles. The number of amides is 1. The van der Waals surface area contributed by atoms with Gasteiger partial charge in [0.05, 0.1) is 30.8 Å². The van der Waals surface area contributed by atoms with E-state index in [1.54, 1.807) is 50.2 Å². The van der Waals surface area contributed by atoms with E-state index in [0.717, 1.165) is 16.0 Å². The molecule has 186 valence electrons. The summed E-state index contributed by atoms with van der Waals surface area (Å²) in [6.45, 7) is 5.44. The Hall–Kier alpha value is -3.91. The van der Waals surface area contributed by atoms with Crippen molar-refractivity contribution in [3.8, 4) is 5.75 Å². The van der Waals surface area contributed by atoms with Gasteiger partial charge in [0, 0.05) is 10.6 Å². The average Bonchev–Trinajstić information content (AvgIpc) is 3.45. The quantitative estimate of drug-likeness (QED) is 0.206. The Labute approximate surface area is 213 Å². The Morgan fingerprint density at radius 3 is 2.44 bits per heavy atom. The van der Waals surface area contributed by atoms with Gasteiger partial charge in [0.2, 0.25) is 0 Å². The van der Waals surface area contributed by atoms with Gasteiger partial charge in [-0.3, -0.25) is 19.3 Å². The minimum atomic E-state index is -0.813. The summed E-state index contributed by atoms with van der Waals surface area (Å²) in [4.78, 5) is 40.7. The maximum Gasteiger partial charge on any atom is 0.310 e. The number of benzene rings is 2. The summed E-state index contributed by atoms with van der Waals surface area (Å²) >= 11 is 1.39. The van der Waals surface area contributed by atoms with E-state index in [1.807, 2.05) is 30.5 Å². The molecule has 1 atom stereocenters. The molecule has 0 spiro atoms. The normalized spacial score (nSPS) is 17.0. The van der Waals surface area contributed by atoms with Crippen molar-refractivity contribution in [3.05, 3.63) is 87.1 Å². The molecular formula is C28H27NO6S. The second-order valence-electron chi connectivity index (χ2n) is 8.77. The molecular weight excluding hydrogens is 478 g/mol. The lowest BCUT2D eigenvalue weighted by atomic mass is 9.98. The third-order valence-electron chi connectivity index (χ3n) is 5.80. The number of ketones is 1. The number of hydrogen-bond donors (Lipinski definition) is 1. The fourth-order valence-corrected chi connectivity index (χ4v) is 5.04. The second-order valence-corrected chi connectivity index (χ2v) is 9.75. The Kier molecular flexibility index (Phi) is 7.26. The highest BCUT2D eigenvalue weighted by atomic mass is 32.1. The van der Waals surface area contributed by atoms with E-state index < -0.39 is 17.7 Å². The van der Waals surface area contributed by atoms with Crippen molar-refractivity contribution in [1.29, 1.82) is 0 Å². The minimum absolute atomic E-state index is 0.00376. The summed E-state index contributed by atoms with van der Waals surface area (Å²) in [5, 5.41) is 13.2. The van der Waals surface area contributed by atoms with Crippen molar-refractivity contribution in [1.82, 2.24) is 0 Å². The molecule has 1 aliphatic heterocycles. The number of aliphatic hydroxyl groups excluding tert-OH is 1. The van der Waals surface area contributed by atoms with Crippen LogP contribution < -0.4 is 9.64 Å². The van der Waals surface area contributed by atoms with E-state index in [1.165, 1.54) is 23.3 Å². The molecule has 0 saturated carbocycles. The molecule has 3 aromatic rings. The Morgan fingerprint density at radius 1 is 1.11 bits per heavy atom. The van der Waals surface area contributed by atoms with E-state index >= 15 is 0 Å². The Morgan fingerprint density at radius 2 is 1.83 bits per heavy atom. The first-order chi connectivity index (χ1) is 17.2. The highest BCUT2D eigenvalue weighted by Gasteiger charge is 2.47. The lowest BCUT2D eigenvalue weighted by molar-refractivity contribution is -0.146. The number of aryl methyl sites for hydroxylation is 1. The Balaban J connectivity index is 1.78. The van der Waals surface area contributed by atoms with Crippen LogP contribution in [-0.2, 0) is 25.5 Å². The fraction of sp³-hybridized carbons (Fsp3) is 0.250. The number of rotatable bonds is 7. The standard InChI is InChI=1S/C28H27NO6S/c1-16(2)35-23(30)15-18-8-10-19(11-9-18)29-25(22-6-5-13-36-22)24(27(32)28(29)33)26(31)20-14-17(3)7-12-21(20)34-4/h5-14,16,25,31H,15H2,1-4H3/b26-24-. The van der Waals surface area contributed by atoms with Gasteiger partial charge >= 0.3 is 5.97 Å². The van der Waals surface area contributed by atoms with Gasteiger partial charge in [-0.25, -0.2) is 0 Å². The monoisotopic (exact) mass is 505 g/mol. The van der Waals surface area contributed by atoms with Gasteiger partial charge in [-0.2, -0.15) is 0 Å². The summed E-state index contributed by atoms with van der Waals surface area (Å²) < 4.78 is 10.6. The number of esters is 1. The van der Waals surface area contributed by atoms with Gasteiger partial charge in [0.15, 0.2) is 0 Å². The topological polar surface area (TPSA) is 93.1 Å². The lowest BCUT2D eigenvalue weighted by Crippen LogP contribution is -2.29. The summed E-state index contributed by atoms with van der Waals surface area (Å²) in [5.74, 6) is -1.76. The van der Waals surface area contributed by atoms with Crippen LogP contribution in [0.1, 0.15) is 41.5 Å². The maximum absolute atomic E-state index is 13.3. The summed E-state index contributed by atoms with van der Waals surface area (Å²) in [6, 6.07) is 14.9. The minimum Gasteiger partial charge on any atom is -0.507 e. The first-order valence-electron chi connectivity index (χ1n) is 11.5. The van der Waals surface area contributed by atoms with Crippen molar-refractivity contribution >= 4 is 40.4 Å². The van der Waals surface area contributed by atoms with Crippen LogP contribution in [0.5, 0.6) is 5.75 Å². The molecule has 1 amide bonds. The number of carbonyl (C=O) groups is 3. The van der Waals surface area contributed by atoms with Crippen LogP contribution in [0.3, 0.4) is 0 Å². The zero-order chi connectivity index (χ0) is 26.0. The molecule has 1 aromatic heterocycles. The molecule has 36 heavy (non-hydrogen) atoms. The van der Waals surface area contributed by atoms with E-state index in [2.05, 4.69) is 0 Å². The first-order valence-corrected chi connectivity index (χ1v) is 12.4. The molecule has 1 N–H and O–H groups in total. The Bertz CT molecular complexity index is 1320. The van der Waals surface area contributed by atoms with Gasteiger partial charge in [0.25, 0.3) is 11.7 Å². The van der Waals surface area contributed by atoms with Gasteiger partial charge in [-0.05, 0) is 62.0 Å². The molecule has 0 radical (unpaired) electrons. The van der Waals surface area contributed by atoms with Gasteiger partial charge in [0.1, 0.15) is 17.6 Å². The lowest BCUT2D eigenvalue weighted by Gasteiger charge is -2.24. The number of hydrogen-bond acceptors (Lipinski definition) is 7. The van der Waals surface area contributed by atoms with Crippen LogP contribution in [0.2, 0.25) is 0 Å². The maximum atomic E-state index is 13.3. The number of anilines is 1. The zero-order valence-corrected chi connectivity index (χ0v) is 21.3. The molecule has 2 heterocycles. The second kappa shape index (κ2) is 10.4. The number of ether oxygens (including phenoxy) is 2. The number of aliphatic hydroxyl groups is 1. The summed E-state index contributed by atoms with van der Waals surface area (Å²) in [6.07, 6.45) is -0.111. The van der Waals surface area contributed by atoms with E-state index in [0.29, 0.717) is 17.0 Å². The highest BCUT2D eigenvalue weighted by Crippen LogP contribution is 2.44. The molecule has 1 fully saturated rings. The molecule has 2 aromatic carbocycles. The third kappa shape index (κ3) is 4.90. The summed E-state index contributed by atoms with van der Waals surface area (Å²) in [7, 11) is 1.48. The molecule has 0 bridgehead atoms. The average molecular weight is 506 g/mol.